The number of likely N-dealkylation sites (N-methyl/N-ethyl adjacent to an activating group) is 1. The van der Waals surface area contributed by atoms with Gasteiger partial charge in [-0.1, -0.05) is 0 Å². The minimum absolute atomic E-state index is 0. The van der Waals surface area contributed by atoms with Crippen LogP contribution in [0.2, 0.25) is 0 Å². The second-order valence-corrected chi connectivity index (χ2v) is 6.17. The Morgan fingerprint density at radius 2 is 2.36 bits per heavy atom. The lowest BCUT2D eigenvalue weighted by Gasteiger charge is -2.26. The summed E-state index contributed by atoms with van der Waals surface area (Å²) < 4.78 is 7.43. The highest BCUT2D eigenvalue weighted by molar-refractivity contribution is 5.85. The van der Waals surface area contributed by atoms with E-state index in [1.165, 1.54) is 0 Å². The van der Waals surface area contributed by atoms with Crippen LogP contribution in [0.25, 0.3) is 0 Å². The van der Waals surface area contributed by atoms with Crippen molar-refractivity contribution in [2.75, 3.05) is 33.3 Å². The molecule has 2 saturated heterocycles. The first-order chi connectivity index (χ1) is 10.1. The summed E-state index contributed by atoms with van der Waals surface area (Å²) in [7, 11) is 3.80. The second kappa shape index (κ2) is 7.44. The van der Waals surface area contributed by atoms with E-state index in [1.54, 1.807) is 4.68 Å². The maximum Gasteiger partial charge on any atom is 0.227 e. The van der Waals surface area contributed by atoms with E-state index in [2.05, 4.69) is 10.4 Å². The molecule has 124 valence electrons. The number of ether oxygens (including phenoxy) is 1. The monoisotopic (exact) mass is 328 g/mol. The Labute approximate surface area is 137 Å². The number of aryl methyl sites for hydroxylation is 1. The van der Waals surface area contributed by atoms with E-state index in [0.29, 0.717) is 6.54 Å². The Morgan fingerprint density at radius 3 is 3.00 bits per heavy atom. The van der Waals surface area contributed by atoms with Crippen LogP contribution in [-0.4, -0.2) is 60.0 Å². The van der Waals surface area contributed by atoms with Crippen LogP contribution in [0.4, 0.5) is 0 Å². The van der Waals surface area contributed by atoms with Crippen molar-refractivity contribution in [2.45, 2.75) is 24.9 Å². The zero-order chi connectivity index (χ0) is 14.8. The lowest BCUT2D eigenvalue weighted by molar-refractivity contribution is -0.135. The fraction of sp³-hybridized carbons (Fsp3) is 0.733. The lowest BCUT2D eigenvalue weighted by Crippen LogP contribution is -2.40. The molecule has 2 fully saturated rings. The van der Waals surface area contributed by atoms with E-state index in [4.69, 9.17) is 4.74 Å². The lowest BCUT2D eigenvalue weighted by atomic mass is 9.90. The van der Waals surface area contributed by atoms with Crippen molar-refractivity contribution >= 4 is 18.3 Å². The molecule has 0 aliphatic carbocycles. The highest BCUT2D eigenvalue weighted by Gasteiger charge is 2.36. The minimum Gasteiger partial charge on any atom is -0.376 e. The van der Waals surface area contributed by atoms with Crippen LogP contribution in [0.5, 0.6) is 0 Å². The first-order valence-corrected chi connectivity index (χ1v) is 7.71. The van der Waals surface area contributed by atoms with Gasteiger partial charge >= 0.3 is 0 Å². The van der Waals surface area contributed by atoms with Gasteiger partial charge in [0, 0.05) is 52.5 Å². The standard InChI is InChI=1S/C15H24N4O2.ClH/c1-18(10-12-4-3-5-21-12)15(20)14-8-16-7-13(14)11-6-17-19(2)9-11;/h6,9,12-14,16H,3-5,7-8,10H2,1-2H3;1H/t12?,13-,14+;/m1./s1. The minimum atomic E-state index is 0. The first kappa shape index (κ1) is 17.2. The summed E-state index contributed by atoms with van der Waals surface area (Å²) in [6.45, 7) is 3.12. The van der Waals surface area contributed by atoms with Gasteiger partial charge in [-0.05, 0) is 18.4 Å². The maximum atomic E-state index is 12.7. The van der Waals surface area contributed by atoms with Gasteiger partial charge in [0.05, 0.1) is 18.2 Å². The SMILES string of the molecule is CN(CC1CCCO1)C(=O)[C@H]1CNC[C@@H]1c1cnn(C)c1.Cl. The third-order valence-corrected chi connectivity index (χ3v) is 4.56. The summed E-state index contributed by atoms with van der Waals surface area (Å²) in [5.41, 5.74) is 1.14. The summed E-state index contributed by atoms with van der Waals surface area (Å²) in [5.74, 6) is 0.433. The normalized spacial score (nSPS) is 27.6. The molecule has 22 heavy (non-hydrogen) atoms. The topological polar surface area (TPSA) is 59.4 Å². The zero-order valence-corrected chi connectivity index (χ0v) is 14.0. The molecule has 0 saturated carbocycles. The molecule has 1 unspecified atom stereocenters. The summed E-state index contributed by atoms with van der Waals surface area (Å²) in [5, 5.41) is 7.57. The van der Waals surface area contributed by atoms with Gasteiger partial charge in [0.2, 0.25) is 5.91 Å². The molecule has 1 amide bonds. The molecule has 3 atom stereocenters. The van der Waals surface area contributed by atoms with E-state index in [0.717, 1.165) is 38.1 Å². The van der Waals surface area contributed by atoms with E-state index < -0.39 is 0 Å². The predicted octanol–water partition coefficient (Wildman–Crippen LogP) is 0.782. The van der Waals surface area contributed by atoms with Crippen LogP contribution in [0.1, 0.15) is 24.3 Å². The highest BCUT2D eigenvalue weighted by atomic mass is 35.5. The Bertz CT molecular complexity index is 501. The third-order valence-electron chi connectivity index (χ3n) is 4.56. The second-order valence-electron chi connectivity index (χ2n) is 6.17. The predicted molar refractivity (Wildman–Crippen MR) is 86.2 cm³/mol. The molecule has 2 aliphatic heterocycles. The van der Waals surface area contributed by atoms with Crippen LogP contribution >= 0.6 is 12.4 Å². The number of carbonyl (C=O) groups is 1. The zero-order valence-electron chi connectivity index (χ0n) is 13.2. The van der Waals surface area contributed by atoms with Crippen molar-refractivity contribution < 1.29 is 9.53 Å². The van der Waals surface area contributed by atoms with Gasteiger partial charge in [-0.3, -0.25) is 9.48 Å². The molecular formula is C15H25ClN4O2. The summed E-state index contributed by atoms with van der Waals surface area (Å²) in [4.78, 5) is 14.6. The number of nitrogens with one attached hydrogen (secondary N) is 1. The number of carbonyl (C=O) groups excluding carboxylic acids is 1. The molecular weight excluding hydrogens is 304 g/mol. The molecule has 7 heteroatoms. The van der Waals surface area contributed by atoms with Crippen molar-refractivity contribution in [1.29, 1.82) is 0 Å². The fourth-order valence-corrected chi connectivity index (χ4v) is 3.39. The van der Waals surface area contributed by atoms with E-state index in [9.17, 15) is 4.79 Å². The average Bonchev–Trinajstić information content (AvgIpc) is 3.17. The summed E-state index contributed by atoms with van der Waals surface area (Å²) in [6.07, 6.45) is 6.27. The Hall–Kier alpha value is -1.11. The van der Waals surface area contributed by atoms with Crippen molar-refractivity contribution in [3.63, 3.8) is 0 Å². The number of nitrogens with zero attached hydrogens (tertiary/aromatic N) is 3. The fourth-order valence-electron chi connectivity index (χ4n) is 3.39. The van der Waals surface area contributed by atoms with Crippen LogP contribution in [-0.2, 0) is 16.6 Å². The van der Waals surface area contributed by atoms with Crippen LogP contribution in [0.3, 0.4) is 0 Å². The van der Waals surface area contributed by atoms with Crippen LogP contribution < -0.4 is 5.32 Å². The highest BCUT2D eigenvalue weighted by Crippen LogP contribution is 2.29. The van der Waals surface area contributed by atoms with Crippen molar-refractivity contribution in [3.05, 3.63) is 18.0 Å². The summed E-state index contributed by atoms with van der Waals surface area (Å²) in [6, 6.07) is 0. The number of hydrogen-bond donors (Lipinski definition) is 1. The van der Waals surface area contributed by atoms with Gasteiger partial charge in [-0.2, -0.15) is 5.10 Å². The summed E-state index contributed by atoms with van der Waals surface area (Å²) >= 11 is 0. The van der Waals surface area contributed by atoms with Crippen molar-refractivity contribution in [2.24, 2.45) is 13.0 Å². The molecule has 0 bridgehead atoms. The van der Waals surface area contributed by atoms with Gasteiger partial charge < -0.3 is 15.0 Å². The number of hydrogen-bond acceptors (Lipinski definition) is 4. The van der Waals surface area contributed by atoms with Gasteiger partial charge in [-0.25, -0.2) is 0 Å². The largest absolute Gasteiger partial charge is 0.376 e. The maximum absolute atomic E-state index is 12.7. The number of amides is 1. The van der Waals surface area contributed by atoms with Crippen molar-refractivity contribution in [3.8, 4) is 0 Å². The Kier molecular flexibility index (Phi) is 5.83. The van der Waals surface area contributed by atoms with Crippen molar-refractivity contribution in [1.82, 2.24) is 20.0 Å². The quantitative estimate of drug-likeness (QED) is 0.887. The van der Waals surface area contributed by atoms with Gasteiger partial charge in [0.25, 0.3) is 0 Å². The molecule has 2 aliphatic rings. The third kappa shape index (κ3) is 3.62. The average molecular weight is 329 g/mol. The van der Waals surface area contributed by atoms with E-state index in [-0.39, 0.29) is 36.3 Å². The van der Waals surface area contributed by atoms with Gasteiger partial charge in [-0.15, -0.1) is 12.4 Å². The molecule has 1 N–H and O–H groups in total. The van der Waals surface area contributed by atoms with Gasteiger partial charge in [0.15, 0.2) is 0 Å². The molecule has 3 heterocycles. The van der Waals surface area contributed by atoms with Crippen LogP contribution in [0.15, 0.2) is 12.4 Å². The molecule has 1 aromatic heterocycles. The Morgan fingerprint density at radius 1 is 1.55 bits per heavy atom. The van der Waals surface area contributed by atoms with E-state index in [1.807, 2.05) is 31.4 Å². The molecule has 1 aromatic rings. The molecule has 6 nitrogen and oxygen atoms in total. The number of rotatable bonds is 4. The van der Waals surface area contributed by atoms with Crippen LogP contribution in [0, 0.1) is 5.92 Å². The van der Waals surface area contributed by atoms with Gasteiger partial charge in [0.1, 0.15) is 0 Å². The van der Waals surface area contributed by atoms with E-state index >= 15 is 0 Å². The molecule has 0 aromatic carbocycles. The number of aromatic nitrogens is 2. The Balaban J connectivity index is 0.00000176. The number of halogens is 1. The molecule has 3 rings (SSSR count). The first-order valence-electron chi connectivity index (χ1n) is 7.71. The smallest absolute Gasteiger partial charge is 0.227 e. The molecule has 0 spiro atoms. The molecule has 0 radical (unpaired) electrons.